The minimum absolute atomic E-state index is 0.0666. The van der Waals surface area contributed by atoms with Crippen LogP contribution in [0.5, 0.6) is 0 Å². The zero-order valence-electron chi connectivity index (χ0n) is 17.9. The van der Waals surface area contributed by atoms with Crippen LogP contribution in [0.3, 0.4) is 0 Å². The molecule has 0 saturated heterocycles. The first-order valence-corrected chi connectivity index (χ1v) is 10.3. The summed E-state index contributed by atoms with van der Waals surface area (Å²) in [6.45, 7) is 3.94. The highest BCUT2D eigenvalue weighted by Gasteiger charge is 2.24. The summed E-state index contributed by atoms with van der Waals surface area (Å²) in [6, 6.07) is 7.70. The molecule has 1 fully saturated rings. The topological polar surface area (TPSA) is 93.8 Å². The minimum Gasteiger partial charge on any atom is -0.367 e. The summed E-state index contributed by atoms with van der Waals surface area (Å²) in [4.78, 5) is 23.0. The van der Waals surface area contributed by atoms with Gasteiger partial charge in [-0.1, -0.05) is 0 Å². The summed E-state index contributed by atoms with van der Waals surface area (Å²) in [5.74, 6) is 2.38. The van der Waals surface area contributed by atoms with Crippen molar-refractivity contribution in [1.29, 1.82) is 0 Å². The lowest BCUT2D eigenvalue weighted by Crippen LogP contribution is -2.33. The summed E-state index contributed by atoms with van der Waals surface area (Å²) in [5.41, 5.74) is 1.86. The number of anilines is 2. The Kier molecular flexibility index (Phi) is 5.52. The van der Waals surface area contributed by atoms with E-state index < -0.39 is 0 Å². The summed E-state index contributed by atoms with van der Waals surface area (Å²) in [6.07, 6.45) is 5.25. The van der Waals surface area contributed by atoms with Gasteiger partial charge < -0.3 is 10.2 Å². The van der Waals surface area contributed by atoms with Crippen molar-refractivity contribution in [3.05, 3.63) is 52.3 Å². The van der Waals surface area contributed by atoms with Gasteiger partial charge in [0.2, 0.25) is 0 Å². The molecule has 0 unspecified atom stereocenters. The molecule has 9 heteroatoms. The number of hydrogen-bond acceptors (Lipinski definition) is 7. The second-order valence-electron chi connectivity index (χ2n) is 8.12. The zero-order valence-corrected chi connectivity index (χ0v) is 17.9. The molecule has 30 heavy (non-hydrogen) atoms. The molecular weight excluding hydrogens is 380 g/mol. The lowest BCUT2D eigenvalue weighted by Gasteiger charge is -2.30. The fraction of sp³-hybridized carbons (Fsp3) is 0.476. The number of nitrogens with one attached hydrogen (secondary N) is 1. The van der Waals surface area contributed by atoms with Crippen LogP contribution in [0.2, 0.25) is 0 Å². The van der Waals surface area contributed by atoms with Gasteiger partial charge in [0.25, 0.3) is 5.56 Å². The van der Waals surface area contributed by atoms with Crippen molar-refractivity contribution in [2.24, 2.45) is 0 Å². The molecule has 3 aromatic rings. The molecule has 4 rings (SSSR count). The Morgan fingerprint density at radius 1 is 1.03 bits per heavy atom. The Morgan fingerprint density at radius 2 is 1.80 bits per heavy atom. The lowest BCUT2D eigenvalue weighted by molar-refractivity contribution is 0.302. The van der Waals surface area contributed by atoms with E-state index in [1.807, 2.05) is 45.0 Å². The van der Waals surface area contributed by atoms with E-state index in [0.29, 0.717) is 11.9 Å². The first-order chi connectivity index (χ1) is 14.4. The standard InChI is InChI=1S/C21H28N8O/c1-14-11-15(2)28(25-14)19-9-10-21(30)29(26-19)17-7-5-16(6-8-17)24-18-12-20(27(3)4)23-13-22-18/h9-13,16-17H,5-8H2,1-4H3,(H,22,23,24). The van der Waals surface area contributed by atoms with Crippen molar-refractivity contribution in [3.63, 3.8) is 0 Å². The van der Waals surface area contributed by atoms with Crippen molar-refractivity contribution < 1.29 is 0 Å². The average molecular weight is 409 g/mol. The largest absolute Gasteiger partial charge is 0.367 e. The van der Waals surface area contributed by atoms with Gasteiger partial charge in [0.05, 0.1) is 11.7 Å². The first-order valence-electron chi connectivity index (χ1n) is 10.3. The fourth-order valence-corrected chi connectivity index (χ4v) is 3.99. The number of nitrogens with zero attached hydrogens (tertiary/aromatic N) is 7. The molecule has 1 aliphatic carbocycles. The van der Waals surface area contributed by atoms with Gasteiger partial charge >= 0.3 is 0 Å². The number of aryl methyl sites for hydroxylation is 2. The van der Waals surface area contributed by atoms with Gasteiger partial charge in [0.15, 0.2) is 5.82 Å². The van der Waals surface area contributed by atoms with Crippen LogP contribution in [0, 0.1) is 13.8 Å². The molecule has 0 radical (unpaired) electrons. The summed E-state index contributed by atoms with van der Waals surface area (Å²) >= 11 is 0. The van der Waals surface area contributed by atoms with Gasteiger partial charge in [0, 0.05) is 38.0 Å². The van der Waals surface area contributed by atoms with E-state index in [2.05, 4.69) is 25.5 Å². The van der Waals surface area contributed by atoms with Crippen LogP contribution in [0.4, 0.5) is 11.6 Å². The van der Waals surface area contributed by atoms with Gasteiger partial charge in [0.1, 0.15) is 18.0 Å². The smallest absolute Gasteiger partial charge is 0.267 e. The summed E-state index contributed by atoms with van der Waals surface area (Å²) in [5, 5.41) is 12.6. The van der Waals surface area contributed by atoms with E-state index >= 15 is 0 Å². The van der Waals surface area contributed by atoms with Crippen LogP contribution < -0.4 is 15.8 Å². The molecule has 0 amide bonds. The van der Waals surface area contributed by atoms with E-state index in [1.165, 1.54) is 0 Å². The minimum atomic E-state index is -0.0666. The molecule has 3 heterocycles. The highest BCUT2D eigenvalue weighted by Crippen LogP contribution is 2.29. The Balaban J connectivity index is 1.45. The molecular formula is C21H28N8O. The van der Waals surface area contributed by atoms with Crippen molar-refractivity contribution in [3.8, 4) is 5.82 Å². The Labute approximate surface area is 175 Å². The number of rotatable bonds is 5. The molecule has 0 spiro atoms. The Hall–Kier alpha value is -3.23. The number of aromatic nitrogens is 6. The second kappa shape index (κ2) is 8.25. The predicted molar refractivity (Wildman–Crippen MR) is 116 cm³/mol. The summed E-state index contributed by atoms with van der Waals surface area (Å²) < 4.78 is 3.42. The normalized spacial score (nSPS) is 18.9. The molecule has 1 saturated carbocycles. The lowest BCUT2D eigenvalue weighted by atomic mass is 9.91. The van der Waals surface area contributed by atoms with Gasteiger partial charge in [-0.15, -0.1) is 5.10 Å². The summed E-state index contributed by atoms with van der Waals surface area (Å²) in [7, 11) is 3.92. The Bertz CT molecular complexity index is 1080. The van der Waals surface area contributed by atoms with E-state index in [9.17, 15) is 4.79 Å². The highest BCUT2D eigenvalue weighted by molar-refractivity contribution is 5.47. The average Bonchev–Trinajstić information content (AvgIpc) is 3.07. The Morgan fingerprint density at radius 3 is 2.47 bits per heavy atom. The third-order valence-corrected chi connectivity index (χ3v) is 5.54. The first kappa shape index (κ1) is 20.1. The molecule has 158 valence electrons. The molecule has 1 aliphatic rings. The molecule has 3 aromatic heterocycles. The van der Waals surface area contributed by atoms with Crippen LogP contribution in [0.25, 0.3) is 5.82 Å². The van der Waals surface area contributed by atoms with Crippen molar-refractivity contribution in [2.75, 3.05) is 24.3 Å². The van der Waals surface area contributed by atoms with E-state index in [1.54, 1.807) is 27.8 Å². The van der Waals surface area contributed by atoms with E-state index in [-0.39, 0.29) is 11.6 Å². The molecule has 0 atom stereocenters. The van der Waals surface area contributed by atoms with Gasteiger partial charge in [-0.25, -0.2) is 19.3 Å². The maximum Gasteiger partial charge on any atom is 0.267 e. The van der Waals surface area contributed by atoms with Gasteiger partial charge in [-0.2, -0.15) is 5.10 Å². The zero-order chi connectivity index (χ0) is 21.3. The maximum atomic E-state index is 12.5. The molecule has 0 bridgehead atoms. The molecule has 1 N–H and O–H groups in total. The van der Waals surface area contributed by atoms with Crippen molar-refractivity contribution >= 4 is 11.6 Å². The quantitative estimate of drug-likeness (QED) is 0.693. The van der Waals surface area contributed by atoms with Crippen molar-refractivity contribution in [1.82, 2.24) is 29.5 Å². The molecule has 0 aliphatic heterocycles. The van der Waals surface area contributed by atoms with Gasteiger partial charge in [-0.3, -0.25) is 4.79 Å². The van der Waals surface area contributed by atoms with Crippen LogP contribution in [0.1, 0.15) is 43.1 Å². The second-order valence-corrected chi connectivity index (χ2v) is 8.12. The van der Waals surface area contributed by atoms with E-state index in [0.717, 1.165) is 48.7 Å². The third kappa shape index (κ3) is 4.19. The van der Waals surface area contributed by atoms with Crippen LogP contribution >= 0.6 is 0 Å². The highest BCUT2D eigenvalue weighted by atomic mass is 16.1. The monoisotopic (exact) mass is 408 g/mol. The van der Waals surface area contributed by atoms with Crippen LogP contribution in [-0.4, -0.2) is 49.7 Å². The van der Waals surface area contributed by atoms with Crippen LogP contribution in [0.15, 0.2) is 35.4 Å². The van der Waals surface area contributed by atoms with Crippen molar-refractivity contribution in [2.45, 2.75) is 51.6 Å². The maximum absolute atomic E-state index is 12.5. The SMILES string of the molecule is Cc1cc(C)n(-c2ccc(=O)n(C3CCC(Nc4cc(N(C)C)ncn4)CC3)n2)n1. The van der Waals surface area contributed by atoms with Gasteiger partial charge in [-0.05, 0) is 51.7 Å². The van der Waals surface area contributed by atoms with E-state index in [4.69, 9.17) is 0 Å². The fourth-order valence-electron chi connectivity index (χ4n) is 3.99. The molecule has 0 aromatic carbocycles. The predicted octanol–water partition coefficient (Wildman–Crippen LogP) is 2.50. The number of hydrogen-bond donors (Lipinski definition) is 1. The molecule has 9 nitrogen and oxygen atoms in total. The van der Waals surface area contributed by atoms with Crippen LogP contribution in [-0.2, 0) is 0 Å². The third-order valence-electron chi connectivity index (χ3n) is 5.54.